The summed E-state index contributed by atoms with van der Waals surface area (Å²) in [5, 5.41) is 10.2. The van der Waals surface area contributed by atoms with E-state index in [0.29, 0.717) is 0 Å². The minimum Gasteiger partial charge on any atom is -0.310 e. The maximum Gasteiger partial charge on any atom is 0.0468 e. The van der Waals surface area contributed by atoms with Crippen LogP contribution in [0.4, 0.5) is 17.1 Å². The van der Waals surface area contributed by atoms with Crippen LogP contribution in [-0.4, -0.2) is 0 Å². The van der Waals surface area contributed by atoms with Crippen LogP contribution in [0.5, 0.6) is 0 Å². The molecule has 0 aliphatic heterocycles. The van der Waals surface area contributed by atoms with Crippen molar-refractivity contribution in [3.05, 3.63) is 188 Å². The molecule has 0 bridgehead atoms. The lowest BCUT2D eigenvalue weighted by atomic mass is 9.94. The topological polar surface area (TPSA) is 3.24 Å². The van der Waals surface area contributed by atoms with Crippen molar-refractivity contribution >= 4 is 60.2 Å². The second kappa shape index (κ2) is 11.3. The van der Waals surface area contributed by atoms with Gasteiger partial charge in [0.1, 0.15) is 0 Å². The van der Waals surface area contributed by atoms with E-state index in [1.807, 2.05) is 0 Å². The summed E-state index contributed by atoms with van der Waals surface area (Å²) < 4.78 is 0. The zero-order valence-corrected chi connectivity index (χ0v) is 25.8. The van der Waals surface area contributed by atoms with Crippen molar-refractivity contribution in [3.8, 4) is 22.3 Å². The summed E-state index contributed by atoms with van der Waals surface area (Å²) in [7, 11) is 0. The summed E-state index contributed by atoms with van der Waals surface area (Å²) in [6, 6.07) is 68.2. The van der Waals surface area contributed by atoms with Crippen LogP contribution in [-0.2, 0) is 0 Å². The van der Waals surface area contributed by atoms with Crippen LogP contribution < -0.4 is 4.90 Å². The van der Waals surface area contributed by atoms with Crippen LogP contribution in [0, 0.1) is 0 Å². The standard InChI is InChI=1S/C46H31N/c1-2-12-32(13-3-1)33-24-26-36(27-25-33)47(37-17-10-16-35(30-37)40-23-11-15-34-14-4-5-18-39(34)40)38-28-29-45-43-21-7-6-19-41(43)42-20-8-9-22-44(42)46(45)31-38/h1-31H. The van der Waals surface area contributed by atoms with E-state index in [9.17, 15) is 0 Å². The Kier molecular flexibility index (Phi) is 6.54. The van der Waals surface area contributed by atoms with Gasteiger partial charge in [-0.1, -0.05) is 152 Å². The number of hydrogen-bond acceptors (Lipinski definition) is 1. The fourth-order valence-corrected chi connectivity index (χ4v) is 7.21. The molecule has 0 atom stereocenters. The summed E-state index contributed by atoms with van der Waals surface area (Å²) >= 11 is 0. The molecule has 0 heterocycles. The molecule has 0 aromatic heterocycles. The van der Waals surface area contributed by atoms with Crippen molar-refractivity contribution in [3.63, 3.8) is 0 Å². The number of anilines is 3. The minimum absolute atomic E-state index is 1.11. The lowest BCUT2D eigenvalue weighted by Gasteiger charge is -2.27. The maximum atomic E-state index is 2.40. The van der Waals surface area contributed by atoms with Gasteiger partial charge in [0.25, 0.3) is 0 Å². The van der Waals surface area contributed by atoms with Gasteiger partial charge in [0.15, 0.2) is 0 Å². The lowest BCUT2D eigenvalue weighted by molar-refractivity contribution is 1.29. The molecule has 220 valence electrons. The van der Waals surface area contributed by atoms with Crippen molar-refractivity contribution < 1.29 is 0 Å². The maximum absolute atomic E-state index is 2.40. The normalized spacial score (nSPS) is 11.4. The molecule has 0 amide bonds. The summed E-state index contributed by atoms with van der Waals surface area (Å²) in [6.45, 7) is 0. The third-order valence-electron chi connectivity index (χ3n) is 9.42. The Bertz CT molecular complexity index is 2520. The van der Waals surface area contributed by atoms with E-state index in [-0.39, 0.29) is 0 Å². The lowest BCUT2D eigenvalue weighted by Crippen LogP contribution is -2.10. The van der Waals surface area contributed by atoms with E-state index in [1.54, 1.807) is 0 Å². The molecule has 9 rings (SSSR count). The van der Waals surface area contributed by atoms with Crippen molar-refractivity contribution in [2.45, 2.75) is 0 Å². The number of benzene rings is 9. The first-order valence-electron chi connectivity index (χ1n) is 16.2. The molecule has 0 saturated carbocycles. The average Bonchev–Trinajstić information content (AvgIpc) is 3.15. The number of rotatable bonds is 5. The van der Waals surface area contributed by atoms with E-state index in [4.69, 9.17) is 0 Å². The molecular formula is C46H31N. The van der Waals surface area contributed by atoms with Gasteiger partial charge in [0.05, 0.1) is 0 Å². The second-order valence-electron chi connectivity index (χ2n) is 12.1. The zero-order chi connectivity index (χ0) is 31.2. The van der Waals surface area contributed by atoms with E-state index >= 15 is 0 Å². The van der Waals surface area contributed by atoms with Gasteiger partial charge in [-0.15, -0.1) is 0 Å². The van der Waals surface area contributed by atoms with Gasteiger partial charge in [0, 0.05) is 17.1 Å². The molecule has 1 heteroatoms. The smallest absolute Gasteiger partial charge is 0.0468 e. The summed E-state index contributed by atoms with van der Waals surface area (Å²) in [5.74, 6) is 0. The van der Waals surface area contributed by atoms with Crippen LogP contribution in [0.2, 0.25) is 0 Å². The van der Waals surface area contributed by atoms with Gasteiger partial charge in [-0.3, -0.25) is 0 Å². The molecule has 9 aromatic rings. The Morgan fingerprint density at radius 2 is 0.745 bits per heavy atom. The average molecular weight is 598 g/mol. The first-order chi connectivity index (χ1) is 23.3. The SMILES string of the molecule is c1ccc(-c2ccc(N(c3cccc(-c4cccc5ccccc45)c3)c3ccc4c5ccccc5c5ccccc5c4c3)cc2)cc1. The predicted octanol–water partition coefficient (Wildman–Crippen LogP) is 13.1. The van der Waals surface area contributed by atoms with E-state index in [1.165, 1.54) is 65.3 Å². The van der Waals surface area contributed by atoms with Gasteiger partial charge >= 0.3 is 0 Å². The Labute approximate surface area is 274 Å². The Hall–Kier alpha value is -6.18. The molecule has 0 fully saturated rings. The largest absolute Gasteiger partial charge is 0.310 e. The van der Waals surface area contributed by atoms with Gasteiger partial charge in [-0.25, -0.2) is 0 Å². The van der Waals surface area contributed by atoms with Crippen molar-refractivity contribution in [2.24, 2.45) is 0 Å². The fourth-order valence-electron chi connectivity index (χ4n) is 7.21. The molecule has 1 nitrogen and oxygen atoms in total. The quantitative estimate of drug-likeness (QED) is 0.178. The van der Waals surface area contributed by atoms with Gasteiger partial charge < -0.3 is 4.90 Å². The highest BCUT2D eigenvalue weighted by Crippen LogP contribution is 2.42. The highest BCUT2D eigenvalue weighted by molar-refractivity contribution is 6.25. The van der Waals surface area contributed by atoms with Gasteiger partial charge in [-0.2, -0.15) is 0 Å². The molecule has 0 spiro atoms. The van der Waals surface area contributed by atoms with Crippen LogP contribution >= 0.6 is 0 Å². The number of fused-ring (bicyclic) bond motifs is 7. The minimum atomic E-state index is 1.11. The van der Waals surface area contributed by atoms with Crippen LogP contribution in [0.1, 0.15) is 0 Å². The first kappa shape index (κ1) is 27.2. The molecule has 0 unspecified atom stereocenters. The fraction of sp³-hybridized carbons (Fsp3) is 0. The Balaban J connectivity index is 1.26. The monoisotopic (exact) mass is 597 g/mol. The molecule has 0 aliphatic rings. The first-order valence-corrected chi connectivity index (χ1v) is 16.2. The molecule has 47 heavy (non-hydrogen) atoms. The van der Waals surface area contributed by atoms with Crippen molar-refractivity contribution in [1.82, 2.24) is 0 Å². The summed E-state index contributed by atoms with van der Waals surface area (Å²) in [4.78, 5) is 2.40. The predicted molar refractivity (Wildman–Crippen MR) is 202 cm³/mol. The highest BCUT2D eigenvalue weighted by atomic mass is 15.1. The van der Waals surface area contributed by atoms with Gasteiger partial charge in [0.2, 0.25) is 0 Å². The van der Waals surface area contributed by atoms with Crippen molar-refractivity contribution in [2.75, 3.05) is 4.90 Å². The molecule has 0 N–H and O–H groups in total. The van der Waals surface area contributed by atoms with Crippen molar-refractivity contribution in [1.29, 1.82) is 0 Å². The zero-order valence-electron chi connectivity index (χ0n) is 25.8. The molecule has 9 aromatic carbocycles. The third kappa shape index (κ3) is 4.72. The number of hydrogen-bond donors (Lipinski definition) is 0. The molecule has 0 radical (unpaired) electrons. The summed E-state index contributed by atoms with van der Waals surface area (Å²) in [6.07, 6.45) is 0. The van der Waals surface area contributed by atoms with Crippen LogP contribution in [0.3, 0.4) is 0 Å². The second-order valence-corrected chi connectivity index (χ2v) is 12.1. The van der Waals surface area contributed by atoms with E-state index < -0.39 is 0 Å². The van der Waals surface area contributed by atoms with E-state index in [2.05, 4.69) is 193 Å². The van der Waals surface area contributed by atoms with Crippen LogP contribution in [0.25, 0.3) is 65.3 Å². The van der Waals surface area contributed by atoms with Crippen LogP contribution in [0.15, 0.2) is 188 Å². The molecule has 0 saturated heterocycles. The molecule has 0 aliphatic carbocycles. The Morgan fingerprint density at radius 3 is 1.47 bits per heavy atom. The van der Waals surface area contributed by atoms with Gasteiger partial charge in [-0.05, 0) is 102 Å². The third-order valence-corrected chi connectivity index (χ3v) is 9.42. The highest BCUT2D eigenvalue weighted by Gasteiger charge is 2.17. The number of nitrogens with zero attached hydrogens (tertiary/aromatic N) is 1. The Morgan fingerprint density at radius 1 is 0.255 bits per heavy atom. The van der Waals surface area contributed by atoms with E-state index in [0.717, 1.165) is 17.1 Å². The summed E-state index contributed by atoms with van der Waals surface area (Å²) in [5.41, 5.74) is 8.21. The molecular weight excluding hydrogens is 567 g/mol.